The predicted octanol–water partition coefficient (Wildman–Crippen LogP) is 4.09. The molecule has 0 saturated carbocycles. The molecule has 2 heterocycles. The Morgan fingerprint density at radius 1 is 1.25 bits per heavy atom. The molecule has 3 aliphatic rings. The Hall–Kier alpha value is -3.23. The van der Waals surface area contributed by atoms with Crippen molar-refractivity contribution < 1.29 is 28.7 Å². The summed E-state index contributed by atoms with van der Waals surface area (Å²) in [5, 5.41) is 12.0. The molecule has 1 aliphatic carbocycles. The van der Waals surface area contributed by atoms with Gasteiger partial charge in [0.15, 0.2) is 17.3 Å². The van der Waals surface area contributed by atoms with Gasteiger partial charge in [-0.3, -0.25) is 24.7 Å². The number of Topliss-reactive ketones (excluding diaryl/α,β-unsaturated/α-hetero) is 1. The molecule has 0 spiro atoms. The first-order chi connectivity index (χ1) is 15.0. The minimum absolute atomic E-state index is 0.0546. The van der Waals surface area contributed by atoms with E-state index in [2.05, 4.69) is 4.99 Å². The van der Waals surface area contributed by atoms with E-state index in [4.69, 9.17) is 14.2 Å². The number of esters is 1. The first-order valence-corrected chi connectivity index (χ1v) is 10.6. The third-order valence-corrected chi connectivity index (χ3v) is 5.96. The Balaban J connectivity index is 1.96. The topological polar surface area (TPSA) is 117 Å². The number of nitrogens with zero attached hydrogens (tertiary/aromatic N) is 2. The van der Waals surface area contributed by atoms with Gasteiger partial charge in [0.05, 0.1) is 17.1 Å². The molecule has 1 aromatic rings. The first kappa shape index (κ1) is 22.0. The summed E-state index contributed by atoms with van der Waals surface area (Å²) >= 11 is 0. The summed E-state index contributed by atoms with van der Waals surface area (Å²) in [7, 11) is 0. The molecule has 0 saturated heterocycles. The standard InChI is InChI=1S/C23H26N2O7/c1-11(2)32-22(27)19-12(3)24-14-8-23(4,5)9-16(26)21(14)20(19)13-6-17-18(31-10-30-17)7-15(13)25(28)29/h6-7,11,19-20H,8-10H2,1-5H3/t19?,20-/m0/s1. The van der Waals surface area contributed by atoms with E-state index in [9.17, 15) is 19.7 Å². The smallest absolute Gasteiger partial charge is 0.315 e. The molecule has 4 rings (SSSR count). The zero-order chi connectivity index (χ0) is 23.4. The summed E-state index contributed by atoms with van der Waals surface area (Å²) in [6.45, 7) is 9.07. The summed E-state index contributed by atoms with van der Waals surface area (Å²) in [4.78, 5) is 42.6. The highest BCUT2D eigenvalue weighted by Gasteiger charge is 2.48. The number of allylic oxidation sites excluding steroid dienone is 2. The van der Waals surface area contributed by atoms with Crippen LogP contribution in [0.2, 0.25) is 0 Å². The average molecular weight is 442 g/mol. The highest BCUT2D eigenvalue weighted by atomic mass is 16.7. The van der Waals surface area contributed by atoms with Crippen LogP contribution in [0.25, 0.3) is 0 Å². The number of ketones is 1. The minimum Gasteiger partial charge on any atom is -0.462 e. The lowest BCUT2D eigenvalue weighted by atomic mass is 9.66. The molecule has 1 unspecified atom stereocenters. The van der Waals surface area contributed by atoms with Crippen LogP contribution in [0.5, 0.6) is 11.5 Å². The van der Waals surface area contributed by atoms with E-state index in [1.54, 1.807) is 20.8 Å². The summed E-state index contributed by atoms with van der Waals surface area (Å²) < 4.78 is 16.3. The molecule has 32 heavy (non-hydrogen) atoms. The Morgan fingerprint density at radius 3 is 2.53 bits per heavy atom. The summed E-state index contributed by atoms with van der Waals surface area (Å²) in [6, 6.07) is 2.80. The number of nitro groups is 1. The van der Waals surface area contributed by atoms with Crippen LogP contribution >= 0.6 is 0 Å². The summed E-state index contributed by atoms with van der Waals surface area (Å²) in [6.07, 6.45) is 0.409. The molecule has 0 aromatic heterocycles. The van der Waals surface area contributed by atoms with Gasteiger partial charge in [-0.25, -0.2) is 0 Å². The van der Waals surface area contributed by atoms with Crippen molar-refractivity contribution in [3.8, 4) is 11.5 Å². The van der Waals surface area contributed by atoms with Crippen LogP contribution in [0.1, 0.15) is 58.9 Å². The molecule has 2 atom stereocenters. The van der Waals surface area contributed by atoms with Crippen LogP contribution in [0.3, 0.4) is 0 Å². The predicted molar refractivity (Wildman–Crippen MR) is 115 cm³/mol. The fourth-order valence-corrected chi connectivity index (χ4v) is 4.75. The van der Waals surface area contributed by atoms with Crippen molar-refractivity contribution in [2.24, 2.45) is 16.3 Å². The Bertz CT molecular complexity index is 1080. The van der Waals surface area contributed by atoms with E-state index < -0.39 is 22.7 Å². The first-order valence-electron chi connectivity index (χ1n) is 10.6. The van der Waals surface area contributed by atoms with E-state index in [1.807, 2.05) is 13.8 Å². The van der Waals surface area contributed by atoms with Crippen LogP contribution in [0.4, 0.5) is 5.69 Å². The fourth-order valence-electron chi connectivity index (χ4n) is 4.75. The average Bonchev–Trinajstić information content (AvgIpc) is 3.11. The maximum atomic E-state index is 13.3. The van der Waals surface area contributed by atoms with E-state index in [0.717, 1.165) is 0 Å². The van der Waals surface area contributed by atoms with Crippen LogP contribution < -0.4 is 9.47 Å². The number of hydrogen-bond acceptors (Lipinski definition) is 8. The molecule has 170 valence electrons. The molecule has 9 heteroatoms. The Labute approximate surface area is 185 Å². The van der Waals surface area contributed by atoms with Gasteiger partial charge in [0, 0.05) is 34.9 Å². The lowest BCUT2D eigenvalue weighted by Gasteiger charge is -2.38. The second kappa shape index (κ2) is 7.72. The number of fused-ring (bicyclic) bond motifs is 1. The van der Waals surface area contributed by atoms with Gasteiger partial charge in [0.2, 0.25) is 6.79 Å². The molecule has 9 nitrogen and oxygen atoms in total. The third-order valence-electron chi connectivity index (χ3n) is 5.96. The minimum atomic E-state index is -0.958. The van der Waals surface area contributed by atoms with Crippen molar-refractivity contribution in [3.63, 3.8) is 0 Å². The van der Waals surface area contributed by atoms with E-state index in [0.29, 0.717) is 29.2 Å². The van der Waals surface area contributed by atoms with Gasteiger partial charge in [0.1, 0.15) is 5.92 Å². The van der Waals surface area contributed by atoms with Crippen molar-refractivity contribution in [1.29, 1.82) is 0 Å². The summed E-state index contributed by atoms with van der Waals surface area (Å²) in [5.74, 6) is -1.98. The van der Waals surface area contributed by atoms with Crippen LogP contribution in [-0.4, -0.2) is 35.3 Å². The molecule has 0 radical (unpaired) electrons. The largest absolute Gasteiger partial charge is 0.462 e. The zero-order valence-corrected chi connectivity index (χ0v) is 18.8. The Kier molecular flexibility index (Phi) is 5.30. The van der Waals surface area contributed by atoms with Crippen molar-refractivity contribution in [2.75, 3.05) is 6.79 Å². The molecule has 2 aliphatic heterocycles. The van der Waals surface area contributed by atoms with Crippen LogP contribution in [0.15, 0.2) is 28.4 Å². The maximum Gasteiger partial charge on any atom is 0.315 e. The Morgan fingerprint density at radius 2 is 1.91 bits per heavy atom. The van der Waals surface area contributed by atoms with Crippen molar-refractivity contribution in [1.82, 2.24) is 0 Å². The second-order valence-electron chi connectivity index (χ2n) is 9.52. The number of nitro benzene ring substituents is 1. The van der Waals surface area contributed by atoms with Crippen LogP contribution in [-0.2, 0) is 14.3 Å². The third kappa shape index (κ3) is 3.76. The normalized spacial score (nSPS) is 23.7. The highest BCUT2D eigenvalue weighted by Crippen LogP contribution is 2.51. The van der Waals surface area contributed by atoms with Crippen molar-refractivity contribution in [3.05, 3.63) is 39.1 Å². The lowest BCUT2D eigenvalue weighted by molar-refractivity contribution is -0.385. The lowest BCUT2D eigenvalue weighted by Crippen LogP contribution is -2.40. The summed E-state index contributed by atoms with van der Waals surface area (Å²) in [5.41, 5.74) is 1.09. The number of carbonyl (C=O) groups excluding carboxylic acids is 2. The number of rotatable bonds is 4. The highest BCUT2D eigenvalue weighted by molar-refractivity contribution is 6.09. The van der Waals surface area contributed by atoms with E-state index in [-0.39, 0.29) is 47.5 Å². The van der Waals surface area contributed by atoms with Gasteiger partial charge >= 0.3 is 5.97 Å². The second-order valence-corrected chi connectivity index (χ2v) is 9.52. The number of carbonyl (C=O) groups is 2. The van der Waals surface area contributed by atoms with E-state index in [1.165, 1.54) is 12.1 Å². The van der Waals surface area contributed by atoms with Crippen LogP contribution in [0, 0.1) is 21.4 Å². The SMILES string of the molecule is CC1=NC2=C(C(=O)CC(C)(C)C2)[C@@H](c2cc3c(cc2[N+](=O)[O-])OCO3)C1C(=O)OC(C)C. The molecule has 0 N–H and O–H groups in total. The molecular weight excluding hydrogens is 416 g/mol. The van der Waals surface area contributed by atoms with Crippen molar-refractivity contribution in [2.45, 2.75) is 59.5 Å². The van der Waals surface area contributed by atoms with Gasteiger partial charge in [-0.1, -0.05) is 13.8 Å². The molecule has 0 bridgehead atoms. The number of hydrogen-bond donors (Lipinski definition) is 0. The monoisotopic (exact) mass is 442 g/mol. The quantitative estimate of drug-likeness (QED) is 0.391. The van der Waals surface area contributed by atoms with E-state index >= 15 is 0 Å². The molecule has 1 aromatic carbocycles. The van der Waals surface area contributed by atoms with Gasteiger partial charge in [-0.05, 0) is 38.7 Å². The number of benzene rings is 1. The molecular formula is C23H26N2O7. The number of aliphatic imine (C=N–C) groups is 1. The van der Waals surface area contributed by atoms with Gasteiger partial charge in [-0.2, -0.15) is 0 Å². The fraction of sp³-hybridized carbons (Fsp3) is 0.522. The molecule has 0 amide bonds. The van der Waals surface area contributed by atoms with Gasteiger partial charge in [-0.15, -0.1) is 0 Å². The maximum absolute atomic E-state index is 13.3. The van der Waals surface area contributed by atoms with Gasteiger partial charge < -0.3 is 14.2 Å². The van der Waals surface area contributed by atoms with Gasteiger partial charge in [0.25, 0.3) is 5.69 Å². The zero-order valence-electron chi connectivity index (χ0n) is 18.8. The number of ether oxygens (including phenoxy) is 3. The van der Waals surface area contributed by atoms with Crippen molar-refractivity contribution >= 4 is 23.2 Å². The molecule has 0 fully saturated rings.